The van der Waals surface area contributed by atoms with E-state index in [0.717, 1.165) is 11.1 Å². The van der Waals surface area contributed by atoms with E-state index in [2.05, 4.69) is 9.97 Å². The Morgan fingerprint density at radius 1 is 0.829 bits per heavy atom. The number of carbonyl (C=O) groups is 2. The predicted octanol–water partition coefficient (Wildman–Crippen LogP) is 2.75. The third-order valence-corrected chi connectivity index (χ3v) is 6.32. The molecular weight excluding hydrogens is 442 g/mol. The van der Waals surface area contributed by atoms with Crippen LogP contribution < -0.4 is 5.56 Å². The van der Waals surface area contributed by atoms with E-state index in [-0.39, 0.29) is 18.1 Å². The van der Waals surface area contributed by atoms with E-state index >= 15 is 0 Å². The predicted molar refractivity (Wildman–Crippen MR) is 132 cm³/mol. The number of aromatic nitrogens is 3. The zero-order chi connectivity index (χ0) is 24.4. The number of benzene rings is 2. The summed E-state index contributed by atoms with van der Waals surface area (Å²) < 4.78 is 1.50. The summed E-state index contributed by atoms with van der Waals surface area (Å²) in [5.41, 5.74) is 2.84. The maximum absolute atomic E-state index is 13.4. The molecule has 2 aromatic carbocycles. The van der Waals surface area contributed by atoms with Gasteiger partial charge in [0.25, 0.3) is 17.4 Å². The topological polar surface area (TPSA) is 88.4 Å². The number of pyridine rings is 1. The van der Waals surface area contributed by atoms with Gasteiger partial charge in [0.2, 0.25) is 0 Å². The van der Waals surface area contributed by atoms with Crippen molar-refractivity contribution in [1.82, 2.24) is 24.3 Å². The highest BCUT2D eigenvalue weighted by Crippen LogP contribution is 2.15. The van der Waals surface area contributed by atoms with Crippen LogP contribution in [-0.4, -0.2) is 62.3 Å². The van der Waals surface area contributed by atoms with E-state index in [1.807, 2.05) is 61.5 Å². The van der Waals surface area contributed by atoms with Gasteiger partial charge in [0, 0.05) is 37.9 Å². The molecule has 1 aliphatic rings. The molecule has 2 amide bonds. The molecule has 0 saturated carbocycles. The van der Waals surface area contributed by atoms with E-state index in [1.54, 1.807) is 28.1 Å². The summed E-state index contributed by atoms with van der Waals surface area (Å²) in [5, 5.41) is 0. The van der Waals surface area contributed by atoms with Crippen molar-refractivity contribution in [1.29, 1.82) is 0 Å². The van der Waals surface area contributed by atoms with Crippen LogP contribution in [0, 0.1) is 6.92 Å². The monoisotopic (exact) mass is 467 g/mol. The Morgan fingerprint density at radius 3 is 2.20 bits per heavy atom. The Bertz CT molecular complexity index is 1460. The van der Waals surface area contributed by atoms with Gasteiger partial charge in [0.05, 0.1) is 6.54 Å². The zero-order valence-electron chi connectivity index (χ0n) is 19.4. The van der Waals surface area contributed by atoms with Crippen molar-refractivity contribution >= 4 is 23.0 Å². The van der Waals surface area contributed by atoms with Gasteiger partial charge in [-0.2, -0.15) is 0 Å². The summed E-state index contributed by atoms with van der Waals surface area (Å²) in [6.45, 7) is 3.66. The summed E-state index contributed by atoms with van der Waals surface area (Å²) in [6, 6.07) is 20.5. The first-order chi connectivity index (χ1) is 17.0. The second kappa shape index (κ2) is 9.50. The number of fused-ring (bicyclic) bond motifs is 1. The van der Waals surface area contributed by atoms with Gasteiger partial charge in [0.1, 0.15) is 5.52 Å². The van der Waals surface area contributed by atoms with Crippen LogP contribution in [0.2, 0.25) is 0 Å². The molecule has 35 heavy (non-hydrogen) atoms. The Kier molecular flexibility index (Phi) is 6.10. The lowest BCUT2D eigenvalue weighted by atomic mass is 10.1. The first-order valence-electron chi connectivity index (χ1n) is 11.6. The van der Waals surface area contributed by atoms with Gasteiger partial charge in [-0.3, -0.25) is 19.0 Å². The lowest BCUT2D eigenvalue weighted by Gasteiger charge is -2.34. The Hall–Kier alpha value is -4.33. The van der Waals surface area contributed by atoms with Gasteiger partial charge in [-0.15, -0.1) is 0 Å². The van der Waals surface area contributed by atoms with Gasteiger partial charge < -0.3 is 9.80 Å². The van der Waals surface area contributed by atoms with Crippen molar-refractivity contribution in [2.75, 3.05) is 26.2 Å². The maximum atomic E-state index is 13.4. The van der Waals surface area contributed by atoms with Crippen LogP contribution in [-0.2, 0) is 6.54 Å². The minimum absolute atomic E-state index is 0.0460. The fraction of sp³-hybridized carbons (Fsp3) is 0.222. The van der Waals surface area contributed by atoms with Crippen molar-refractivity contribution < 1.29 is 9.59 Å². The molecule has 8 nitrogen and oxygen atoms in total. The van der Waals surface area contributed by atoms with Crippen LogP contribution in [0.3, 0.4) is 0 Å². The van der Waals surface area contributed by atoms with Crippen LogP contribution in [0.1, 0.15) is 32.0 Å². The number of piperazine rings is 1. The number of rotatable bonds is 4. The maximum Gasteiger partial charge on any atom is 0.284 e. The first-order valence-corrected chi connectivity index (χ1v) is 11.6. The number of nitrogens with zero attached hydrogens (tertiary/aromatic N) is 5. The molecule has 5 rings (SSSR count). The number of amides is 2. The molecule has 1 fully saturated rings. The second-order valence-electron chi connectivity index (χ2n) is 8.58. The molecule has 0 radical (unpaired) electrons. The highest BCUT2D eigenvalue weighted by Gasteiger charge is 2.29. The van der Waals surface area contributed by atoms with Crippen LogP contribution in [0.4, 0.5) is 0 Å². The van der Waals surface area contributed by atoms with E-state index < -0.39 is 11.5 Å². The lowest BCUT2D eigenvalue weighted by Crippen LogP contribution is -2.51. The molecule has 8 heteroatoms. The van der Waals surface area contributed by atoms with Crippen LogP contribution in [0.5, 0.6) is 0 Å². The van der Waals surface area contributed by atoms with Gasteiger partial charge >= 0.3 is 0 Å². The summed E-state index contributed by atoms with van der Waals surface area (Å²) in [7, 11) is 0. The van der Waals surface area contributed by atoms with Crippen molar-refractivity contribution in [3.63, 3.8) is 0 Å². The molecule has 2 aromatic heterocycles. The van der Waals surface area contributed by atoms with Crippen molar-refractivity contribution in [2.24, 2.45) is 0 Å². The SMILES string of the molecule is Cc1ccccc1C(=O)N1CCN(C(=O)c2nc3cccnc3n(Cc3ccccc3)c2=O)CC1. The van der Waals surface area contributed by atoms with Gasteiger partial charge in [0.15, 0.2) is 11.3 Å². The Morgan fingerprint density at radius 2 is 1.49 bits per heavy atom. The average molecular weight is 468 g/mol. The molecule has 0 spiro atoms. The van der Waals surface area contributed by atoms with E-state index in [0.29, 0.717) is 42.9 Å². The van der Waals surface area contributed by atoms with E-state index in [4.69, 9.17) is 0 Å². The summed E-state index contributed by atoms with van der Waals surface area (Å²) in [5.74, 6) is -0.471. The number of aryl methyl sites for hydroxylation is 1. The molecule has 3 heterocycles. The van der Waals surface area contributed by atoms with Crippen LogP contribution >= 0.6 is 0 Å². The normalized spacial score (nSPS) is 13.7. The standard InChI is InChI=1S/C27H25N5O3/c1-19-8-5-6-11-21(19)25(33)30-14-16-31(17-15-30)26(34)23-27(35)32(18-20-9-3-2-4-10-20)24-22(29-23)12-7-13-28-24/h2-13H,14-18H2,1H3. The summed E-state index contributed by atoms with van der Waals surface area (Å²) in [4.78, 5) is 51.8. The van der Waals surface area contributed by atoms with Gasteiger partial charge in [-0.05, 0) is 36.2 Å². The molecule has 0 aliphatic carbocycles. The third-order valence-electron chi connectivity index (χ3n) is 6.32. The summed E-state index contributed by atoms with van der Waals surface area (Å²) >= 11 is 0. The Balaban J connectivity index is 1.40. The fourth-order valence-electron chi connectivity index (χ4n) is 4.37. The Labute approximate surface area is 202 Å². The minimum atomic E-state index is -0.469. The van der Waals surface area contributed by atoms with Crippen molar-refractivity contribution in [3.8, 4) is 0 Å². The minimum Gasteiger partial charge on any atom is -0.335 e. The van der Waals surface area contributed by atoms with Crippen LogP contribution in [0.25, 0.3) is 11.2 Å². The van der Waals surface area contributed by atoms with Crippen LogP contribution in [0.15, 0.2) is 77.7 Å². The molecule has 0 atom stereocenters. The fourth-order valence-corrected chi connectivity index (χ4v) is 4.37. The van der Waals surface area contributed by atoms with E-state index in [1.165, 1.54) is 4.57 Å². The number of hydrogen-bond donors (Lipinski definition) is 0. The van der Waals surface area contributed by atoms with Crippen molar-refractivity contribution in [2.45, 2.75) is 13.5 Å². The molecule has 176 valence electrons. The quantitative estimate of drug-likeness (QED) is 0.461. The highest BCUT2D eigenvalue weighted by molar-refractivity contribution is 5.96. The van der Waals surface area contributed by atoms with Gasteiger partial charge in [-0.25, -0.2) is 9.97 Å². The molecule has 1 aliphatic heterocycles. The van der Waals surface area contributed by atoms with Gasteiger partial charge in [-0.1, -0.05) is 48.5 Å². The second-order valence-corrected chi connectivity index (χ2v) is 8.58. The molecule has 1 saturated heterocycles. The largest absolute Gasteiger partial charge is 0.335 e. The first kappa shape index (κ1) is 22.5. The van der Waals surface area contributed by atoms with Crippen molar-refractivity contribution in [3.05, 3.63) is 106 Å². The molecule has 0 bridgehead atoms. The smallest absolute Gasteiger partial charge is 0.284 e. The third kappa shape index (κ3) is 4.42. The number of hydrogen-bond acceptors (Lipinski definition) is 5. The molecule has 4 aromatic rings. The average Bonchev–Trinajstić information content (AvgIpc) is 2.90. The number of carbonyl (C=O) groups excluding carboxylic acids is 2. The lowest BCUT2D eigenvalue weighted by molar-refractivity contribution is 0.0530. The molecular formula is C27H25N5O3. The zero-order valence-corrected chi connectivity index (χ0v) is 19.4. The highest BCUT2D eigenvalue weighted by atomic mass is 16.2. The van der Waals surface area contributed by atoms with E-state index in [9.17, 15) is 14.4 Å². The molecule has 0 unspecified atom stereocenters. The molecule has 0 N–H and O–H groups in total. The summed E-state index contributed by atoms with van der Waals surface area (Å²) in [6.07, 6.45) is 1.61.